The fourth-order valence-corrected chi connectivity index (χ4v) is 3.11. The molecule has 0 saturated heterocycles. The van der Waals surface area contributed by atoms with Crippen LogP contribution in [0.25, 0.3) is 0 Å². The fraction of sp³-hybridized carbons (Fsp3) is 0.538. The molecule has 0 spiro atoms. The number of benzene rings is 1. The van der Waals surface area contributed by atoms with Gasteiger partial charge in [-0.25, -0.2) is 0 Å². The van der Waals surface area contributed by atoms with Crippen molar-refractivity contribution in [3.05, 3.63) is 26.6 Å². The van der Waals surface area contributed by atoms with Crippen molar-refractivity contribution in [2.45, 2.75) is 31.8 Å². The van der Waals surface area contributed by atoms with Crippen LogP contribution in [0.4, 0.5) is 5.69 Å². The first-order chi connectivity index (χ1) is 9.08. The predicted octanol–water partition coefficient (Wildman–Crippen LogP) is 2.41. The first kappa shape index (κ1) is 16.9. The smallest absolute Gasteiger partial charge is 0.0584 e. The molecule has 6 heteroatoms. The summed E-state index contributed by atoms with van der Waals surface area (Å²) in [5, 5.41) is 21.3. The number of anilines is 1. The number of halogens is 2. The molecule has 1 unspecified atom stereocenters. The summed E-state index contributed by atoms with van der Waals surface area (Å²) in [6.07, 6.45) is 2.50. The Hall–Kier alpha value is -0.140. The summed E-state index contributed by atoms with van der Waals surface area (Å²) in [5.41, 5.74) is 7.70. The average Bonchev–Trinajstić information content (AvgIpc) is 2.38. The van der Waals surface area contributed by atoms with Crippen LogP contribution >= 0.6 is 31.9 Å². The molecule has 4 nitrogen and oxygen atoms in total. The number of hydrogen-bond acceptors (Lipinski definition) is 4. The highest BCUT2D eigenvalue weighted by molar-refractivity contribution is 9.11. The van der Waals surface area contributed by atoms with Crippen LogP contribution in [0.1, 0.15) is 24.8 Å². The molecule has 0 aliphatic heterocycles. The van der Waals surface area contributed by atoms with Gasteiger partial charge in [0, 0.05) is 28.1 Å². The lowest BCUT2D eigenvalue weighted by atomic mass is 10.1. The van der Waals surface area contributed by atoms with E-state index < -0.39 is 0 Å². The van der Waals surface area contributed by atoms with E-state index in [0.717, 1.165) is 33.8 Å². The molecule has 108 valence electrons. The third-order valence-electron chi connectivity index (χ3n) is 2.94. The van der Waals surface area contributed by atoms with E-state index in [1.807, 2.05) is 12.1 Å². The van der Waals surface area contributed by atoms with E-state index in [9.17, 15) is 5.11 Å². The summed E-state index contributed by atoms with van der Waals surface area (Å²) >= 11 is 6.84. The second kappa shape index (κ2) is 8.92. The molecular weight excluding hydrogens is 376 g/mol. The molecule has 19 heavy (non-hydrogen) atoms. The van der Waals surface area contributed by atoms with Gasteiger partial charge in [0.25, 0.3) is 0 Å². The second-order valence-electron chi connectivity index (χ2n) is 4.44. The Morgan fingerprint density at radius 3 is 2.58 bits per heavy atom. The Bertz CT molecular complexity index is 402. The van der Waals surface area contributed by atoms with Gasteiger partial charge in [-0.3, -0.25) is 0 Å². The van der Waals surface area contributed by atoms with Gasteiger partial charge in [0.1, 0.15) is 0 Å². The van der Waals surface area contributed by atoms with Crippen LogP contribution in [0.2, 0.25) is 0 Å². The molecule has 0 saturated carbocycles. The van der Waals surface area contributed by atoms with E-state index in [4.69, 9.17) is 10.8 Å². The number of aliphatic hydroxyl groups is 2. The molecular formula is C13H20Br2N2O2. The van der Waals surface area contributed by atoms with Crippen molar-refractivity contribution in [3.63, 3.8) is 0 Å². The molecule has 0 aliphatic rings. The zero-order valence-corrected chi connectivity index (χ0v) is 13.9. The molecule has 5 N–H and O–H groups in total. The zero-order chi connectivity index (χ0) is 14.3. The van der Waals surface area contributed by atoms with Crippen LogP contribution in [0.15, 0.2) is 21.1 Å². The summed E-state index contributed by atoms with van der Waals surface area (Å²) in [5.74, 6) is 0. The topological polar surface area (TPSA) is 78.5 Å². The Morgan fingerprint density at radius 2 is 1.95 bits per heavy atom. The number of nitrogen functional groups attached to an aromatic ring is 1. The summed E-state index contributed by atoms with van der Waals surface area (Å²) in [6, 6.07) is 3.91. The summed E-state index contributed by atoms with van der Waals surface area (Å²) < 4.78 is 1.82. The number of nitrogens with two attached hydrogens (primary N) is 1. The van der Waals surface area contributed by atoms with Crippen LogP contribution in [0.5, 0.6) is 0 Å². The summed E-state index contributed by atoms with van der Waals surface area (Å²) in [4.78, 5) is 0. The lowest BCUT2D eigenvalue weighted by molar-refractivity contribution is 0.225. The maximum atomic E-state index is 9.31. The highest BCUT2D eigenvalue weighted by Crippen LogP contribution is 2.28. The molecule has 0 aromatic heterocycles. The van der Waals surface area contributed by atoms with Crippen LogP contribution in [0, 0.1) is 0 Å². The molecule has 1 aromatic rings. The van der Waals surface area contributed by atoms with E-state index in [1.165, 1.54) is 0 Å². The lowest BCUT2D eigenvalue weighted by Gasteiger charge is -2.17. The van der Waals surface area contributed by atoms with Crippen molar-refractivity contribution < 1.29 is 10.2 Å². The van der Waals surface area contributed by atoms with Gasteiger partial charge in [-0.1, -0.05) is 15.9 Å². The van der Waals surface area contributed by atoms with E-state index in [1.54, 1.807) is 0 Å². The van der Waals surface area contributed by atoms with Gasteiger partial charge in [-0.05, 0) is 52.9 Å². The Balaban J connectivity index is 2.54. The normalized spacial score (nSPS) is 12.6. The van der Waals surface area contributed by atoms with Crippen molar-refractivity contribution in [3.8, 4) is 0 Å². The minimum Gasteiger partial charge on any atom is -0.398 e. The van der Waals surface area contributed by atoms with Crippen molar-refractivity contribution in [1.29, 1.82) is 0 Å². The number of aliphatic hydroxyl groups excluding tert-OH is 2. The Kier molecular flexibility index (Phi) is 7.94. The molecule has 1 rings (SSSR count). The number of rotatable bonds is 8. The summed E-state index contributed by atoms with van der Waals surface area (Å²) in [7, 11) is 0. The fourth-order valence-electron chi connectivity index (χ4n) is 1.80. The van der Waals surface area contributed by atoms with Crippen molar-refractivity contribution >= 4 is 37.5 Å². The van der Waals surface area contributed by atoms with E-state index >= 15 is 0 Å². The number of nitrogens with one attached hydrogen (secondary N) is 1. The van der Waals surface area contributed by atoms with Gasteiger partial charge < -0.3 is 21.3 Å². The van der Waals surface area contributed by atoms with Gasteiger partial charge in [0.2, 0.25) is 0 Å². The molecule has 0 heterocycles. The monoisotopic (exact) mass is 394 g/mol. The van der Waals surface area contributed by atoms with Gasteiger partial charge >= 0.3 is 0 Å². The minimum absolute atomic E-state index is 0.0312. The second-order valence-corrected chi connectivity index (χ2v) is 6.21. The quantitative estimate of drug-likeness (QED) is 0.402. The zero-order valence-electron chi connectivity index (χ0n) is 10.7. The van der Waals surface area contributed by atoms with Crippen molar-refractivity contribution in [1.82, 2.24) is 5.32 Å². The molecule has 0 bridgehead atoms. The first-order valence-corrected chi connectivity index (χ1v) is 7.85. The highest BCUT2D eigenvalue weighted by Gasteiger charge is 2.09. The highest BCUT2D eigenvalue weighted by atomic mass is 79.9. The molecule has 0 radical (unpaired) electrons. The van der Waals surface area contributed by atoms with Crippen LogP contribution in [-0.4, -0.2) is 29.5 Å². The average molecular weight is 396 g/mol. The first-order valence-electron chi connectivity index (χ1n) is 6.27. The minimum atomic E-state index is 0.0312. The number of hydrogen-bond donors (Lipinski definition) is 4. The molecule has 1 aromatic carbocycles. The lowest BCUT2D eigenvalue weighted by Crippen LogP contribution is -2.32. The van der Waals surface area contributed by atoms with E-state index in [0.29, 0.717) is 12.2 Å². The van der Waals surface area contributed by atoms with Crippen LogP contribution in [-0.2, 0) is 6.54 Å². The third kappa shape index (κ3) is 5.79. The molecule has 1 atom stereocenters. The van der Waals surface area contributed by atoms with E-state index in [-0.39, 0.29) is 19.3 Å². The SMILES string of the molecule is Nc1c(Br)cc(Br)cc1CNC(CO)CCCCO. The van der Waals surface area contributed by atoms with Gasteiger partial charge in [0.15, 0.2) is 0 Å². The maximum absolute atomic E-state index is 9.31. The molecule has 0 amide bonds. The van der Waals surface area contributed by atoms with Gasteiger partial charge in [-0.15, -0.1) is 0 Å². The predicted molar refractivity (Wildman–Crippen MR) is 84.9 cm³/mol. The van der Waals surface area contributed by atoms with Crippen LogP contribution < -0.4 is 11.1 Å². The van der Waals surface area contributed by atoms with Gasteiger partial charge in [0.05, 0.1) is 12.3 Å². The van der Waals surface area contributed by atoms with E-state index in [2.05, 4.69) is 37.2 Å². The standard InChI is InChI=1S/C13H20Br2N2O2/c14-10-5-9(13(16)12(15)6-10)7-17-11(8-19)3-1-2-4-18/h5-6,11,17-19H,1-4,7-8,16H2. The molecule has 0 aliphatic carbocycles. The molecule has 0 fully saturated rings. The summed E-state index contributed by atoms with van der Waals surface area (Å²) in [6.45, 7) is 0.887. The number of unbranched alkanes of at least 4 members (excludes halogenated alkanes) is 1. The Morgan fingerprint density at radius 1 is 1.21 bits per heavy atom. The third-order valence-corrected chi connectivity index (χ3v) is 4.06. The van der Waals surface area contributed by atoms with Crippen molar-refractivity contribution in [2.24, 2.45) is 0 Å². The van der Waals surface area contributed by atoms with Gasteiger partial charge in [-0.2, -0.15) is 0 Å². The Labute approximate surface area is 130 Å². The maximum Gasteiger partial charge on any atom is 0.0584 e. The largest absolute Gasteiger partial charge is 0.398 e. The van der Waals surface area contributed by atoms with Crippen LogP contribution in [0.3, 0.4) is 0 Å². The van der Waals surface area contributed by atoms with Crippen molar-refractivity contribution in [2.75, 3.05) is 18.9 Å².